The Hall–Kier alpha value is -2.15. The Bertz CT molecular complexity index is 644. The topological polar surface area (TPSA) is 61.4 Å². The molecule has 28 heavy (non-hydrogen) atoms. The number of nitrogens with zero attached hydrogens (tertiary/aromatic N) is 3. The molecule has 0 radical (unpaired) electrons. The van der Waals surface area contributed by atoms with Gasteiger partial charge in [0.15, 0.2) is 5.96 Å². The van der Waals surface area contributed by atoms with Crippen LogP contribution in [0.4, 0.5) is 5.69 Å². The molecular weight excluding hydrogens is 354 g/mol. The molecule has 156 valence electrons. The van der Waals surface area contributed by atoms with Crippen molar-refractivity contribution in [2.24, 2.45) is 10.9 Å². The second-order valence-electron chi connectivity index (χ2n) is 7.65. The molecule has 0 amide bonds. The number of aliphatic imine (C=N–C) groups is 1. The minimum atomic E-state index is 0.374. The number of hydrogen-bond acceptors (Lipinski definition) is 5. The van der Waals surface area contributed by atoms with Crippen molar-refractivity contribution < 1.29 is 9.47 Å². The first-order chi connectivity index (χ1) is 13.6. The lowest BCUT2D eigenvalue weighted by Crippen LogP contribution is -2.46. The number of methoxy groups -OCH3 is 2. The van der Waals surface area contributed by atoms with E-state index < -0.39 is 0 Å². The summed E-state index contributed by atoms with van der Waals surface area (Å²) in [5.41, 5.74) is 1.13. The van der Waals surface area contributed by atoms with Gasteiger partial charge >= 0.3 is 0 Å². The van der Waals surface area contributed by atoms with Crippen LogP contribution < -0.4 is 25.0 Å². The Labute approximate surface area is 169 Å². The van der Waals surface area contributed by atoms with Gasteiger partial charge in [0, 0.05) is 63.2 Å². The number of likely N-dealkylation sites (tertiary alicyclic amines) is 1. The lowest BCUT2D eigenvalue weighted by Gasteiger charge is -2.22. The predicted molar refractivity (Wildman–Crippen MR) is 115 cm³/mol. The lowest BCUT2D eigenvalue weighted by atomic mass is 10.1. The Morgan fingerprint density at radius 2 is 1.86 bits per heavy atom. The summed E-state index contributed by atoms with van der Waals surface area (Å²) in [5.74, 6) is 3.26. The van der Waals surface area contributed by atoms with Gasteiger partial charge in [-0.05, 0) is 31.8 Å². The van der Waals surface area contributed by atoms with Gasteiger partial charge in [-0.25, -0.2) is 0 Å². The molecular formula is C21H35N5O2. The molecule has 2 aliphatic rings. The summed E-state index contributed by atoms with van der Waals surface area (Å²) in [6.45, 7) is 8.71. The maximum atomic E-state index is 5.41. The van der Waals surface area contributed by atoms with E-state index in [1.165, 1.54) is 19.5 Å². The van der Waals surface area contributed by atoms with Crippen LogP contribution in [-0.2, 0) is 0 Å². The normalized spacial score (nSPS) is 23.1. The molecule has 2 atom stereocenters. The number of rotatable bonds is 7. The minimum Gasteiger partial charge on any atom is -0.497 e. The van der Waals surface area contributed by atoms with Crippen molar-refractivity contribution in [3.63, 3.8) is 0 Å². The highest BCUT2D eigenvalue weighted by Crippen LogP contribution is 2.30. The van der Waals surface area contributed by atoms with Crippen molar-refractivity contribution in [2.45, 2.75) is 25.8 Å². The van der Waals surface area contributed by atoms with Gasteiger partial charge in [0.05, 0.1) is 14.2 Å². The number of nitrogens with one attached hydrogen (secondary N) is 2. The van der Waals surface area contributed by atoms with Crippen molar-refractivity contribution >= 4 is 11.6 Å². The van der Waals surface area contributed by atoms with Crippen molar-refractivity contribution in [1.82, 2.24) is 15.5 Å². The molecule has 0 saturated carbocycles. The first-order valence-electron chi connectivity index (χ1n) is 10.3. The molecule has 0 spiro atoms. The van der Waals surface area contributed by atoms with Crippen molar-refractivity contribution in [2.75, 3.05) is 65.4 Å². The highest BCUT2D eigenvalue weighted by Gasteiger charge is 2.25. The largest absolute Gasteiger partial charge is 0.497 e. The summed E-state index contributed by atoms with van der Waals surface area (Å²) in [6, 6.07) is 6.41. The monoisotopic (exact) mass is 389 g/mol. The smallest absolute Gasteiger partial charge is 0.191 e. The van der Waals surface area contributed by atoms with E-state index in [-0.39, 0.29) is 0 Å². The number of benzene rings is 1. The van der Waals surface area contributed by atoms with Crippen LogP contribution in [0.2, 0.25) is 0 Å². The van der Waals surface area contributed by atoms with Crippen LogP contribution >= 0.6 is 0 Å². The molecule has 0 aliphatic carbocycles. The molecule has 2 unspecified atom stereocenters. The fourth-order valence-corrected chi connectivity index (χ4v) is 4.08. The van der Waals surface area contributed by atoms with Crippen molar-refractivity contribution in [3.8, 4) is 11.5 Å². The van der Waals surface area contributed by atoms with Crippen LogP contribution in [0.25, 0.3) is 0 Å². The van der Waals surface area contributed by atoms with Crippen LogP contribution in [0.3, 0.4) is 0 Å². The summed E-state index contributed by atoms with van der Waals surface area (Å²) in [4.78, 5) is 9.31. The summed E-state index contributed by atoms with van der Waals surface area (Å²) >= 11 is 0. The summed E-state index contributed by atoms with van der Waals surface area (Å²) in [6.07, 6.45) is 2.35. The van der Waals surface area contributed by atoms with Gasteiger partial charge in [-0.15, -0.1) is 0 Å². The molecule has 2 aliphatic heterocycles. The van der Waals surface area contributed by atoms with Crippen molar-refractivity contribution in [3.05, 3.63) is 18.2 Å². The third kappa shape index (κ3) is 5.22. The lowest BCUT2D eigenvalue weighted by molar-refractivity contribution is 0.341. The zero-order chi connectivity index (χ0) is 19.9. The minimum absolute atomic E-state index is 0.374. The fourth-order valence-electron chi connectivity index (χ4n) is 4.08. The second-order valence-corrected chi connectivity index (χ2v) is 7.65. The first-order valence-corrected chi connectivity index (χ1v) is 10.3. The van der Waals surface area contributed by atoms with E-state index in [1.807, 2.05) is 13.1 Å². The third-order valence-corrected chi connectivity index (χ3v) is 5.83. The second kappa shape index (κ2) is 9.87. The number of hydrogen-bond donors (Lipinski definition) is 2. The molecule has 2 N–H and O–H groups in total. The van der Waals surface area contributed by atoms with Crippen LogP contribution in [0.5, 0.6) is 11.5 Å². The van der Waals surface area contributed by atoms with Crippen LogP contribution in [0.15, 0.2) is 23.2 Å². The molecule has 1 aromatic rings. The van der Waals surface area contributed by atoms with Crippen LogP contribution in [0, 0.1) is 5.92 Å². The first kappa shape index (κ1) is 20.6. The molecule has 2 saturated heterocycles. The molecule has 7 nitrogen and oxygen atoms in total. The summed E-state index contributed by atoms with van der Waals surface area (Å²) in [5, 5.41) is 7.12. The predicted octanol–water partition coefficient (Wildman–Crippen LogP) is 1.79. The molecule has 7 heteroatoms. The van der Waals surface area contributed by atoms with Gasteiger partial charge in [-0.3, -0.25) is 4.99 Å². The highest BCUT2D eigenvalue weighted by molar-refractivity contribution is 5.80. The van der Waals surface area contributed by atoms with E-state index >= 15 is 0 Å². The third-order valence-electron chi connectivity index (χ3n) is 5.83. The van der Waals surface area contributed by atoms with Gasteiger partial charge in [-0.1, -0.05) is 6.92 Å². The average Bonchev–Trinajstić information content (AvgIpc) is 3.40. The molecule has 2 heterocycles. The fraction of sp³-hybridized carbons (Fsp3) is 0.667. The van der Waals surface area contributed by atoms with E-state index in [9.17, 15) is 0 Å². The maximum Gasteiger partial charge on any atom is 0.191 e. The maximum absolute atomic E-state index is 5.41. The van der Waals surface area contributed by atoms with Gasteiger partial charge in [0.2, 0.25) is 0 Å². The van der Waals surface area contributed by atoms with E-state index in [2.05, 4.69) is 44.5 Å². The molecule has 0 bridgehead atoms. The van der Waals surface area contributed by atoms with Crippen LogP contribution in [-0.4, -0.2) is 77.4 Å². The SMILES string of the molecule is CCN1CCC(CNC(=NC)NC2CCN(c3cc(OC)cc(OC)c3)C2)C1. The quantitative estimate of drug-likeness (QED) is 0.548. The Morgan fingerprint density at radius 1 is 1.11 bits per heavy atom. The Balaban J connectivity index is 1.51. The van der Waals surface area contributed by atoms with Gasteiger partial charge in [-0.2, -0.15) is 0 Å². The number of ether oxygens (including phenoxy) is 2. The molecule has 2 fully saturated rings. The Morgan fingerprint density at radius 3 is 2.46 bits per heavy atom. The number of guanidine groups is 1. The average molecular weight is 390 g/mol. The molecule has 1 aromatic carbocycles. The zero-order valence-corrected chi connectivity index (χ0v) is 17.7. The summed E-state index contributed by atoms with van der Waals surface area (Å²) in [7, 11) is 5.22. The van der Waals surface area contributed by atoms with Crippen LogP contribution in [0.1, 0.15) is 19.8 Å². The van der Waals surface area contributed by atoms with E-state index in [1.54, 1.807) is 14.2 Å². The van der Waals surface area contributed by atoms with E-state index in [0.29, 0.717) is 12.0 Å². The Kier molecular flexibility index (Phi) is 7.25. The van der Waals surface area contributed by atoms with Gasteiger partial charge in [0.1, 0.15) is 11.5 Å². The highest BCUT2D eigenvalue weighted by atomic mass is 16.5. The standard InChI is InChI=1S/C21H35N5O2/c1-5-25-8-6-16(14-25)13-23-21(22-2)24-17-7-9-26(15-17)18-10-19(27-3)12-20(11-18)28-4/h10-12,16-17H,5-9,13-15H2,1-4H3,(H2,22,23,24). The zero-order valence-electron chi connectivity index (χ0n) is 17.7. The van der Waals surface area contributed by atoms with E-state index in [4.69, 9.17) is 9.47 Å². The van der Waals surface area contributed by atoms with Gasteiger partial charge < -0.3 is 29.9 Å². The van der Waals surface area contributed by atoms with E-state index in [0.717, 1.165) is 55.7 Å². The summed E-state index contributed by atoms with van der Waals surface area (Å²) < 4.78 is 10.8. The van der Waals surface area contributed by atoms with Gasteiger partial charge in [0.25, 0.3) is 0 Å². The number of anilines is 1. The molecule has 3 rings (SSSR count). The van der Waals surface area contributed by atoms with Crippen molar-refractivity contribution in [1.29, 1.82) is 0 Å². The molecule has 0 aromatic heterocycles.